The van der Waals surface area contributed by atoms with Gasteiger partial charge >= 0.3 is 5.97 Å². The molecule has 0 aliphatic heterocycles. The number of aromatic nitrogens is 1. The van der Waals surface area contributed by atoms with Gasteiger partial charge in [0, 0.05) is 25.2 Å². The average Bonchev–Trinajstić information content (AvgIpc) is 2.63. The molecule has 0 spiro atoms. The Kier molecular flexibility index (Phi) is 3.91. The van der Waals surface area contributed by atoms with Gasteiger partial charge in [0.1, 0.15) is 0 Å². The number of H-pyrrole nitrogens is 1. The monoisotopic (exact) mass is 210 g/mol. The summed E-state index contributed by atoms with van der Waals surface area (Å²) in [6.07, 6.45) is 2.16. The van der Waals surface area contributed by atoms with Gasteiger partial charge < -0.3 is 15.4 Å². The predicted molar refractivity (Wildman–Crippen MR) is 54.2 cm³/mol. The van der Waals surface area contributed by atoms with E-state index < -0.39 is 5.97 Å². The molecule has 15 heavy (non-hydrogen) atoms. The van der Waals surface area contributed by atoms with Crippen LogP contribution in [-0.2, 0) is 9.59 Å². The number of nitrogens with one attached hydrogen (secondary N) is 2. The molecular weight excluding hydrogens is 196 g/mol. The van der Waals surface area contributed by atoms with Crippen LogP contribution in [0.5, 0.6) is 0 Å². The molecule has 5 heteroatoms. The van der Waals surface area contributed by atoms with Gasteiger partial charge in [-0.1, -0.05) is 0 Å². The van der Waals surface area contributed by atoms with E-state index in [9.17, 15) is 9.59 Å². The van der Waals surface area contributed by atoms with Crippen molar-refractivity contribution in [3.05, 3.63) is 24.0 Å². The second kappa shape index (κ2) is 5.19. The van der Waals surface area contributed by atoms with E-state index in [1.165, 1.54) is 6.92 Å². The Hall–Kier alpha value is -1.78. The topological polar surface area (TPSA) is 82.2 Å². The summed E-state index contributed by atoms with van der Waals surface area (Å²) in [5, 5.41) is 11.3. The molecule has 1 heterocycles. The standard InChI is InChI=1S/C10H14N2O3/c1-7(13)12-9(4-5-10(14)15)8-3-2-6-11-8/h2-3,6,9,11H,4-5H2,1H3,(H,12,13)(H,14,15). The third kappa shape index (κ3) is 3.84. The Morgan fingerprint density at radius 1 is 1.60 bits per heavy atom. The molecule has 0 radical (unpaired) electrons. The quantitative estimate of drug-likeness (QED) is 0.679. The van der Waals surface area contributed by atoms with E-state index in [1.807, 2.05) is 12.1 Å². The first-order valence-corrected chi connectivity index (χ1v) is 4.72. The molecule has 0 saturated carbocycles. The zero-order valence-electron chi connectivity index (χ0n) is 8.49. The lowest BCUT2D eigenvalue weighted by Crippen LogP contribution is -2.26. The van der Waals surface area contributed by atoms with Gasteiger partial charge in [0.25, 0.3) is 0 Å². The van der Waals surface area contributed by atoms with Gasteiger partial charge in [-0.15, -0.1) is 0 Å². The van der Waals surface area contributed by atoms with Crippen molar-refractivity contribution in [2.24, 2.45) is 0 Å². The van der Waals surface area contributed by atoms with E-state index in [2.05, 4.69) is 10.3 Å². The van der Waals surface area contributed by atoms with Crippen molar-refractivity contribution in [3.8, 4) is 0 Å². The van der Waals surface area contributed by atoms with Crippen LogP contribution in [0.1, 0.15) is 31.5 Å². The van der Waals surface area contributed by atoms with Gasteiger partial charge in [-0.3, -0.25) is 9.59 Å². The highest BCUT2D eigenvalue weighted by atomic mass is 16.4. The van der Waals surface area contributed by atoms with Crippen molar-refractivity contribution in [2.45, 2.75) is 25.8 Å². The van der Waals surface area contributed by atoms with E-state index in [-0.39, 0.29) is 18.4 Å². The van der Waals surface area contributed by atoms with Gasteiger partial charge in [-0.05, 0) is 18.6 Å². The molecule has 5 nitrogen and oxygen atoms in total. The Balaban J connectivity index is 2.61. The van der Waals surface area contributed by atoms with Crippen molar-refractivity contribution < 1.29 is 14.7 Å². The molecule has 1 unspecified atom stereocenters. The first kappa shape index (κ1) is 11.3. The smallest absolute Gasteiger partial charge is 0.303 e. The largest absolute Gasteiger partial charge is 0.481 e. The first-order valence-electron chi connectivity index (χ1n) is 4.72. The zero-order chi connectivity index (χ0) is 11.3. The summed E-state index contributed by atoms with van der Waals surface area (Å²) in [4.78, 5) is 24.3. The van der Waals surface area contributed by atoms with Crippen LogP contribution >= 0.6 is 0 Å². The number of amides is 1. The van der Waals surface area contributed by atoms with E-state index >= 15 is 0 Å². The fourth-order valence-corrected chi connectivity index (χ4v) is 1.38. The number of carboxylic acid groups (broad SMARTS) is 1. The second-order valence-corrected chi connectivity index (χ2v) is 3.31. The minimum Gasteiger partial charge on any atom is -0.481 e. The maximum atomic E-state index is 10.9. The third-order valence-corrected chi connectivity index (χ3v) is 2.02. The normalized spacial score (nSPS) is 12.1. The highest BCUT2D eigenvalue weighted by molar-refractivity contribution is 5.73. The van der Waals surface area contributed by atoms with E-state index in [1.54, 1.807) is 6.20 Å². The highest BCUT2D eigenvalue weighted by Gasteiger charge is 2.14. The molecule has 1 rings (SSSR count). The molecule has 1 amide bonds. The summed E-state index contributed by atoms with van der Waals surface area (Å²) in [6.45, 7) is 1.41. The van der Waals surface area contributed by atoms with Crippen molar-refractivity contribution in [3.63, 3.8) is 0 Å². The maximum absolute atomic E-state index is 10.9. The SMILES string of the molecule is CC(=O)NC(CCC(=O)O)c1ccc[nH]1. The molecule has 0 aliphatic carbocycles. The molecule has 3 N–H and O–H groups in total. The Morgan fingerprint density at radius 3 is 2.80 bits per heavy atom. The van der Waals surface area contributed by atoms with Gasteiger partial charge in [-0.25, -0.2) is 0 Å². The fourth-order valence-electron chi connectivity index (χ4n) is 1.38. The first-order chi connectivity index (χ1) is 7.09. The maximum Gasteiger partial charge on any atom is 0.303 e. The Labute approximate surface area is 87.5 Å². The van der Waals surface area contributed by atoms with Crippen LogP contribution in [0.4, 0.5) is 0 Å². The molecule has 1 aromatic heterocycles. The molecular formula is C10H14N2O3. The summed E-state index contributed by atoms with van der Waals surface area (Å²) in [7, 11) is 0. The Bertz CT molecular complexity index is 332. The van der Waals surface area contributed by atoms with Crippen LogP contribution in [0.25, 0.3) is 0 Å². The van der Waals surface area contributed by atoms with Gasteiger partial charge in [0.05, 0.1) is 6.04 Å². The summed E-state index contributed by atoms with van der Waals surface area (Å²) in [6, 6.07) is 3.38. The lowest BCUT2D eigenvalue weighted by molar-refractivity contribution is -0.137. The molecule has 0 aromatic carbocycles. The minimum absolute atomic E-state index is 0.0317. The van der Waals surface area contributed by atoms with Crippen LogP contribution in [0.2, 0.25) is 0 Å². The summed E-state index contributed by atoms with van der Waals surface area (Å²) in [5.41, 5.74) is 0.825. The van der Waals surface area contributed by atoms with Crippen molar-refractivity contribution in [2.75, 3.05) is 0 Å². The minimum atomic E-state index is -0.864. The van der Waals surface area contributed by atoms with Gasteiger partial charge in [0.15, 0.2) is 0 Å². The number of carboxylic acids is 1. The number of hydrogen-bond donors (Lipinski definition) is 3. The van der Waals surface area contributed by atoms with Crippen LogP contribution < -0.4 is 5.32 Å². The lowest BCUT2D eigenvalue weighted by Gasteiger charge is -2.15. The number of carbonyl (C=O) groups excluding carboxylic acids is 1. The Morgan fingerprint density at radius 2 is 2.33 bits per heavy atom. The molecule has 0 aliphatic rings. The van der Waals surface area contributed by atoms with Crippen molar-refractivity contribution in [1.29, 1.82) is 0 Å². The van der Waals surface area contributed by atoms with Gasteiger partial charge in [0.2, 0.25) is 5.91 Å². The summed E-state index contributed by atoms with van der Waals surface area (Å²) >= 11 is 0. The molecule has 0 bridgehead atoms. The number of aliphatic carboxylic acids is 1. The number of aromatic amines is 1. The predicted octanol–water partition coefficient (Wildman–Crippen LogP) is 1.06. The van der Waals surface area contributed by atoms with Gasteiger partial charge in [-0.2, -0.15) is 0 Å². The summed E-state index contributed by atoms with van der Waals surface area (Å²) in [5.74, 6) is -1.03. The van der Waals surface area contributed by atoms with E-state index in [4.69, 9.17) is 5.11 Å². The zero-order valence-corrected chi connectivity index (χ0v) is 8.49. The molecule has 82 valence electrons. The van der Waals surface area contributed by atoms with E-state index in [0.29, 0.717) is 6.42 Å². The second-order valence-electron chi connectivity index (χ2n) is 3.31. The van der Waals surface area contributed by atoms with Crippen LogP contribution in [0, 0.1) is 0 Å². The van der Waals surface area contributed by atoms with Crippen LogP contribution in [0.3, 0.4) is 0 Å². The van der Waals surface area contributed by atoms with Crippen molar-refractivity contribution >= 4 is 11.9 Å². The van der Waals surface area contributed by atoms with E-state index in [0.717, 1.165) is 5.69 Å². The molecule has 0 fully saturated rings. The van der Waals surface area contributed by atoms with Crippen molar-refractivity contribution in [1.82, 2.24) is 10.3 Å². The number of hydrogen-bond acceptors (Lipinski definition) is 2. The molecule has 1 atom stereocenters. The third-order valence-electron chi connectivity index (χ3n) is 2.02. The lowest BCUT2D eigenvalue weighted by atomic mass is 10.1. The summed E-state index contributed by atoms with van der Waals surface area (Å²) < 4.78 is 0. The average molecular weight is 210 g/mol. The number of carbonyl (C=O) groups is 2. The molecule has 1 aromatic rings. The fraction of sp³-hybridized carbons (Fsp3) is 0.400. The highest BCUT2D eigenvalue weighted by Crippen LogP contribution is 2.16. The number of rotatable bonds is 5. The molecule has 0 saturated heterocycles. The van der Waals surface area contributed by atoms with Crippen LogP contribution in [0.15, 0.2) is 18.3 Å². The van der Waals surface area contributed by atoms with Crippen LogP contribution in [-0.4, -0.2) is 22.0 Å².